The molecule has 1 unspecified atom stereocenters. The highest BCUT2D eigenvalue weighted by Gasteiger charge is 2.12. The first kappa shape index (κ1) is 11.4. The Kier molecular flexibility index (Phi) is 3.58. The standard InChI is InChI=1S/C10H14N4O/c1-6(5-15)12-10-9(4-11)7(2)8(3)13-14-10/h6,15H,5H2,1-3H3,(H,12,14). The van der Waals surface area contributed by atoms with Crippen molar-refractivity contribution >= 4 is 5.82 Å². The summed E-state index contributed by atoms with van der Waals surface area (Å²) in [6.45, 7) is 5.43. The van der Waals surface area contributed by atoms with Gasteiger partial charge in [0, 0.05) is 6.04 Å². The molecule has 1 atom stereocenters. The van der Waals surface area contributed by atoms with Crippen LogP contribution >= 0.6 is 0 Å². The van der Waals surface area contributed by atoms with Gasteiger partial charge in [-0.2, -0.15) is 10.4 Å². The molecular weight excluding hydrogens is 192 g/mol. The van der Waals surface area contributed by atoms with Gasteiger partial charge in [0.2, 0.25) is 0 Å². The van der Waals surface area contributed by atoms with E-state index in [9.17, 15) is 0 Å². The molecule has 1 aromatic heterocycles. The van der Waals surface area contributed by atoms with Gasteiger partial charge in [0.25, 0.3) is 0 Å². The molecule has 0 fully saturated rings. The summed E-state index contributed by atoms with van der Waals surface area (Å²) in [6.07, 6.45) is 0. The van der Waals surface area contributed by atoms with E-state index in [2.05, 4.69) is 21.6 Å². The summed E-state index contributed by atoms with van der Waals surface area (Å²) in [7, 11) is 0. The Morgan fingerprint density at radius 2 is 2.13 bits per heavy atom. The van der Waals surface area contributed by atoms with Crippen LogP contribution in [0.5, 0.6) is 0 Å². The number of hydrogen-bond acceptors (Lipinski definition) is 5. The monoisotopic (exact) mass is 206 g/mol. The first-order chi connectivity index (χ1) is 7.10. The van der Waals surface area contributed by atoms with Gasteiger partial charge < -0.3 is 10.4 Å². The summed E-state index contributed by atoms with van der Waals surface area (Å²) in [5, 5.41) is 28.6. The second kappa shape index (κ2) is 4.71. The lowest BCUT2D eigenvalue weighted by atomic mass is 10.1. The fourth-order valence-electron chi connectivity index (χ4n) is 1.13. The third-order valence-corrected chi connectivity index (χ3v) is 2.22. The van der Waals surface area contributed by atoms with E-state index < -0.39 is 0 Å². The Hall–Kier alpha value is -1.67. The van der Waals surface area contributed by atoms with Gasteiger partial charge in [-0.15, -0.1) is 5.10 Å². The molecule has 0 amide bonds. The SMILES string of the molecule is Cc1nnc(NC(C)CO)c(C#N)c1C. The summed E-state index contributed by atoms with van der Waals surface area (Å²) < 4.78 is 0. The summed E-state index contributed by atoms with van der Waals surface area (Å²) >= 11 is 0. The number of aromatic nitrogens is 2. The van der Waals surface area contributed by atoms with E-state index in [4.69, 9.17) is 10.4 Å². The third-order valence-electron chi connectivity index (χ3n) is 2.22. The van der Waals surface area contributed by atoms with Crippen LogP contribution in [0.4, 0.5) is 5.82 Å². The second-order valence-electron chi connectivity index (χ2n) is 3.47. The molecule has 0 bridgehead atoms. The fourth-order valence-corrected chi connectivity index (χ4v) is 1.13. The highest BCUT2D eigenvalue weighted by atomic mass is 16.3. The van der Waals surface area contributed by atoms with Gasteiger partial charge in [0.05, 0.1) is 12.3 Å². The van der Waals surface area contributed by atoms with E-state index in [0.717, 1.165) is 11.3 Å². The number of anilines is 1. The zero-order chi connectivity index (χ0) is 11.4. The molecule has 0 saturated heterocycles. The average molecular weight is 206 g/mol. The van der Waals surface area contributed by atoms with Crippen molar-refractivity contribution in [2.75, 3.05) is 11.9 Å². The normalized spacial score (nSPS) is 11.9. The summed E-state index contributed by atoms with van der Waals surface area (Å²) in [4.78, 5) is 0. The molecule has 5 nitrogen and oxygen atoms in total. The highest BCUT2D eigenvalue weighted by molar-refractivity contribution is 5.56. The zero-order valence-electron chi connectivity index (χ0n) is 9.07. The maximum absolute atomic E-state index is 8.99. The Morgan fingerprint density at radius 1 is 1.47 bits per heavy atom. The predicted molar refractivity (Wildman–Crippen MR) is 56.4 cm³/mol. The van der Waals surface area contributed by atoms with Crippen molar-refractivity contribution in [3.8, 4) is 6.07 Å². The first-order valence-corrected chi connectivity index (χ1v) is 4.71. The van der Waals surface area contributed by atoms with E-state index >= 15 is 0 Å². The van der Waals surface area contributed by atoms with Gasteiger partial charge in [0.15, 0.2) is 5.82 Å². The minimum Gasteiger partial charge on any atom is -0.394 e. The van der Waals surface area contributed by atoms with Crippen LogP contribution in [-0.2, 0) is 0 Å². The Balaban J connectivity index is 3.09. The van der Waals surface area contributed by atoms with Crippen LogP contribution in [0.25, 0.3) is 0 Å². The number of nitrogens with one attached hydrogen (secondary N) is 1. The maximum Gasteiger partial charge on any atom is 0.167 e. The molecule has 0 aromatic carbocycles. The molecule has 0 spiro atoms. The lowest BCUT2D eigenvalue weighted by Gasteiger charge is -2.13. The maximum atomic E-state index is 8.99. The van der Waals surface area contributed by atoms with Gasteiger partial charge >= 0.3 is 0 Å². The first-order valence-electron chi connectivity index (χ1n) is 4.71. The van der Waals surface area contributed by atoms with Crippen molar-refractivity contribution in [2.45, 2.75) is 26.8 Å². The molecule has 1 heterocycles. The Bertz CT molecular complexity index is 397. The summed E-state index contributed by atoms with van der Waals surface area (Å²) in [5.74, 6) is 0.433. The van der Waals surface area contributed by atoms with Gasteiger partial charge in [-0.05, 0) is 26.3 Å². The molecule has 15 heavy (non-hydrogen) atoms. The number of hydrogen-bond donors (Lipinski definition) is 2. The van der Waals surface area contributed by atoms with Crippen LogP contribution in [-0.4, -0.2) is 28.0 Å². The highest BCUT2D eigenvalue weighted by Crippen LogP contribution is 2.17. The molecule has 5 heteroatoms. The van der Waals surface area contributed by atoms with Crippen LogP contribution in [0.15, 0.2) is 0 Å². The molecule has 0 radical (unpaired) electrons. The molecule has 1 rings (SSSR count). The zero-order valence-corrected chi connectivity index (χ0v) is 9.07. The van der Waals surface area contributed by atoms with Gasteiger partial charge in [0.1, 0.15) is 11.6 Å². The van der Waals surface area contributed by atoms with Crippen molar-refractivity contribution < 1.29 is 5.11 Å². The molecule has 0 saturated carbocycles. The van der Waals surface area contributed by atoms with Crippen molar-refractivity contribution in [1.82, 2.24) is 10.2 Å². The molecular formula is C10H14N4O. The van der Waals surface area contributed by atoms with Crippen molar-refractivity contribution in [1.29, 1.82) is 5.26 Å². The lowest BCUT2D eigenvalue weighted by Crippen LogP contribution is -2.21. The molecule has 2 N–H and O–H groups in total. The number of aliphatic hydroxyl groups excluding tert-OH is 1. The van der Waals surface area contributed by atoms with E-state index in [1.54, 1.807) is 6.92 Å². The molecule has 0 aliphatic carbocycles. The largest absolute Gasteiger partial charge is 0.394 e. The second-order valence-corrected chi connectivity index (χ2v) is 3.47. The fraction of sp³-hybridized carbons (Fsp3) is 0.500. The van der Waals surface area contributed by atoms with Crippen LogP contribution in [0.3, 0.4) is 0 Å². The van der Waals surface area contributed by atoms with Crippen LogP contribution in [0.1, 0.15) is 23.7 Å². The smallest absolute Gasteiger partial charge is 0.167 e. The average Bonchev–Trinajstić information content (AvgIpc) is 2.24. The van der Waals surface area contributed by atoms with Crippen molar-refractivity contribution in [3.05, 3.63) is 16.8 Å². The number of aryl methyl sites for hydroxylation is 1. The van der Waals surface area contributed by atoms with E-state index in [1.807, 2.05) is 13.8 Å². The number of nitriles is 1. The quantitative estimate of drug-likeness (QED) is 0.763. The van der Waals surface area contributed by atoms with Gasteiger partial charge in [-0.25, -0.2) is 0 Å². The van der Waals surface area contributed by atoms with E-state index in [0.29, 0.717) is 11.4 Å². The Morgan fingerprint density at radius 3 is 2.67 bits per heavy atom. The number of rotatable bonds is 3. The summed E-state index contributed by atoms with van der Waals surface area (Å²) in [5.41, 5.74) is 2.05. The number of aliphatic hydroxyl groups is 1. The van der Waals surface area contributed by atoms with Crippen molar-refractivity contribution in [2.24, 2.45) is 0 Å². The minimum atomic E-state index is -0.145. The summed E-state index contributed by atoms with van der Waals surface area (Å²) in [6, 6.07) is 1.94. The van der Waals surface area contributed by atoms with Crippen LogP contribution < -0.4 is 5.32 Å². The van der Waals surface area contributed by atoms with Gasteiger partial charge in [-0.1, -0.05) is 0 Å². The molecule has 80 valence electrons. The minimum absolute atomic E-state index is 0.0144. The topological polar surface area (TPSA) is 81.8 Å². The molecule has 0 aliphatic rings. The van der Waals surface area contributed by atoms with Crippen LogP contribution in [0.2, 0.25) is 0 Å². The van der Waals surface area contributed by atoms with Crippen LogP contribution in [0, 0.1) is 25.2 Å². The molecule has 1 aromatic rings. The van der Waals surface area contributed by atoms with Crippen molar-refractivity contribution in [3.63, 3.8) is 0 Å². The third kappa shape index (κ3) is 2.42. The lowest BCUT2D eigenvalue weighted by molar-refractivity contribution is 0.281. The molecule has 0 aliphatic heterocycles. The van der Waals surface area contributed by atoms with Gasteiger partial charge in [-0.3, -0.25) is 0 Å². The van der Waals surface area contributed by atoms with E-state index in [1.165, 1.54) is 0 Å². The predicted octanol–water partition coefficient (Wildman–Crippen LogP) is 0.758. The number of nitrogens with zero attached hydrogens (tertiary/aromatic N) is 3. The van der Waals surface area contributed by atoms with E-state index in [-0.39, 0.29) is 12.6 Å². The Labute approximate surface area is 88.8 Å².